The fraction of sp³-hybridized carbons (Fsp3) is 0.182. The minimum Gasteiger partial charge on any atom is -0.421 e. The minimum absolute atomic E-state index is 0.473. The van der Waals surface area contributed by atoms with Crippen molar-refractivity contribution in [2.75, 3.05) is 0 Å². The molecule has 0 spiro atoms. The molecule has 0 unspecified atom stereocenters. The predicted octanol–water partition coefficient (Wildman–Crippen LogP) is 5.07. The lowest BCUT2D eigenvalue weighted by atomic mass is 10.2. The van der Waals surface area contributed by atoms with Gasteiger partial charge < -0.3 is 4.13 Å². The van der Waals surface area contributed by atoms with E-state index in [9.17, 15) is 43.2 Å². The standard InChI is InChI=1S/C20H19P.C2F6NO4S2/c1-2-17-11-9-10-16-20(17)21(18-12-5-3-6-13-18)19-14-7-4-8-15-19;3-1(4,5)14(10,11)9-15(12,13)2(6,7)8/h3-16H,2H2,1H3;/q;-1. The zero-order chi connectivity index (χ0) is 27.2. The van der Waals surface area contributed by atoms with Gasteiger partial charge in [0, 0.05) is 0 Å². The van der Waals surface area contributed by atoms with Crippen molar-refractivity contribution in [3.05, 3.63) is 94.6 Å². The maximum Gasteiger partial charge on any atom is 0.480 e. The summed E-state index contributed by atoms with van der Waals surface area (Å²) in [5.41, 5.74) is -11.0. The van der Waals surface area contributed by atoms with Crippen molar-refractivity contribution in [3.8, 4) is 0 Å². The van der Waals surface area contributed by atoms with Gasteiger partial charge in [-0.3, -0.25) is 0 Å². The van der Waals surface area contributed by atoms with Crippen LogP contribution in [0.5, 0.6) is 0 Å². The van der Waals surface area contributed by atoms with E-state index >= 15 is 0 Å². The first-order valence-corrected chi connectivity index (χ1v) is 14.2. The van der Waals surface area contributed by atoms with Gasteiger partial charge in [0.2, 0.25) is 0 Å². The van der Waals surface area contributed by atoms with Gasteiger partial charge in [0.05, 0.1) is 0 Å². The molecule has 0 aromatic heterocycles. The quantitative estimate of drug-likeness (QED) is 0.306. The Balaban J connectivity index is 0.000000271. The van der Waals surface area contributed by atoms with Crippen molar-refractivity contribution in [1.29, 1.82) is 0 Å². The van der Waals surface area contributed by atoms with Crippen LogP contribution in [0.25, 0.3) is 4.13 Å². The molecule has 0 aliphatic carbocycles. The number of rotatable bonds is 6. The molecular weight excluding hydrogens is 551 g/mol. The highest BCUT2D eigenvalue weighted by Crippen LogP contribution is 2.36. The molecule has 0 amide bonds. The smallest absolute Gasteiger partial charge is 0.421 e. The summed E-state index contributed by atoms with van der Waals surface area (Å²) in [5, 5.41) is 4.31. The van der Waals surface area contributed by atoms with Crippen LogP contribution in [0.2, 0.25) is 0 Å². The number of aryl methyl sites for hydroxylation is 1. The highest BCUT2D eigenvalue weighted by Gasteiger charge is 2.46. The third-order valence-electron chi connectivity index (χ3n) is 4.42. The Bertz CT molecular complexity index is 1270. The molecular formula is C22H19F6NO4PS2-. The van der Waals surface area contributed by atoms with Gasteiger partial charge in [-0.25, -0.2) is 16.8 Å². The molecule has 0 aliphatic heterocycles. The average Bonchev–Trinajstić information content (AvgIpc) is 2.79. The van der Waals surface area contributed by atoms with Gasteiger partial charge >= 0.3 is 11.0 Å². The number of alkyl halides is 6. The van der Waals surface area contributed by atoms with E-state index in [1.807, 2.05) is 0 Å². The van der Waals surface area contributed by atoms with Gasteiger partial charge in [-0.2, -0.15) is 26.3 Å². The highest BCUT2D eigenvalue weighted by molar-refractivity contribution is 8.13. The maximum atomic E-state index is 11.4. The molecule has 0 heterocycles. The second-order valence-electron chi connectivity index (χ2n) is 6.90. The van der Waals surface area contributed by atoms with E-state index in [0.717, 1.165) is 10.5 Å². The molecule has 0 bridgehead atoms. The summed E-state index contributed by atoms with van der Waals surface area (Å²) in [4.78, 5) is 0. The summed E-state index contributed by atoms with van der Waals surface area (Å²) in [6.07, 6.45) is 1.08. The molecule has 5 nitrogen and oxygen atoms in total. The average molecular weight is 570 g/mol. The van der Waals surface area contributed by atoms with E-state index < -0.39 is 39.0 Å². The molecule has 0 fully saturated rings. The van der Waals surface area contributed by atoms with Crippen LogP contribution in [0, 0.1) is 0 Å². The van der Waals surface area contributed by atoms with Crippen LogP contribution < -0.4 is 15.9 Å². The van der Waals surface area contributed by atoms with Crippen LogP contribution in [-0.2, 0) is 26.5 Å². The topological polar surface area (TPSA) is 82.4 Å². The summed E-state index contributed by atoms with van der Waals surface area (Å²) < 4.78 is 109. The Kier molecular flexibility index (Phi) is 9.69. The normalized spacial score (nSPS) is 12.7. The Hall–Kier alpha value is -2.47. The first-order valence-electron chi connectivity index (χ1n) is 9.95. The molecule has 3 rings (SSSR count). The first-order chi connectivity index (χ1) is 16.6. The molecule has 3 aromatic rings. The molecule has 0 saturated carbocycles. The van der Waals surface area contributed by atoms with E-state index in [4.69, 9.17) is 0 Å². The summed E-state index contributed by atoms with van der Waals surface area (Å²) in [6.45, 7) is 2.24. The van der Waals surface area contributed by atoms with Crippen molar-refractivity contribution in [2.45, 2.75) is 24.4 Å². The second kappa shape index (κ2) is 11.7. The molecule has 0 N–H and O–H groups in total. The summed E-state index contributed by atoms with van der Waals surface area (Å²) in [5.74, 6) is 0. The predicted molar refractivity (Wildman–Crippen MR) is 128 cm³/mol. The summed E-state index contributed by atoms with van der Waals surface area (Å²) in [6, 6.07) is 30.6. The molecule has 196 valence electrons. The number of hydrogen-bond acceptors (Lipinski definition) is 4. The third kappa shape index (κ3) is 7.52. The zero-order valence-electron chi connectivity index (χ0n) is 18.4. The Morgan fingerprint density at radius 1 is 0.639 bits per heavy atom. The van der Waals surface area contributed by atoms with Gasteiger partial charge in [-0.15, -0.1) is 0 Å². The largest absolute Gasteiger partial charge is 0.480 e. The van der Waals surface area contributed by atoms with Crippen LogP contribution in [-0.4, -0.2) is 27.9 Å². The number of nitrogens with zero attached hydrogens (tertiary/aromatic N) is 1. The van der Waals surface area contributed by atoms with Crippen molar-refractivity contribution in [3.63, 3.8) is 0 Å². The molecule has 0 radical (unpaired) electrons. The van der Waals surface area contributed by atoms with Gasteiger partial charge in [0.1, 0.15) is 0 Å². The van der Waals surface area contributed by atoms with Crippen molar-refractivity contribution < 1.29 is 43.2 Å². The Morgan fingerprint density at radius 3 is 1.36 bits per heavy atom. The van der Waals surface area contributed by atoms with Crippen LogP contribution >= 0.6 is 7.92 Å². The monoisotopic (exact) mass is 570 g/mol. The summed E-state index contributed by atoms with van der Waals surface area (Å²) >= 11 is 0. The van der Waals surface area contributed by atoms with E-state index in [2.05, 4.69) is 91.9 Å². The zero-order valence-corrected chi connectivity index (χ0v) is 20.9. The van der Waals surface area contributed by atoms with Gasteiger partial charge in [-0.1, -0.05) is 91.9 Å². The number of sulfonamides is 2. The first kappa shape index (κ1) is 29.8. The lowest BCUT2D eigenvalue weighted by Gasteiger charge is -2.22. The Morgan fingerprint density at radius 2 is 1.00 bits per heavy atom. The molecule has 36 heavy (non-hydrogen) atoms. The van der Waals surface area contributed by atoms with Crippen LogP contribution in [0.15, 0.2) is 84.9 Å². The van der Waals surface area contributed by atoms with E-state index in [1.165, 1.54) is 21.5 Å². The second-order valence-corrected chi connectivity index (χ2v) is 12.5. The minimum atomic E-state index is -6.72. The van der Waals surface area contributed by atoms with Crippen LogP contribution in [0.4, 0.5) is 26.3 Å². The fourth-order valence-electron chi connectivity index (χ4n) is 2.82. The summed E-state index contributed by atoms with van der Waals surface area (Å²) in [7, 11) is -13.9. The highest BCUT2D eigenvalue weighted by atomic mass is 32.3. The number of benzene rings is 3. The van der Waals surface area contributed by atoms with E-state index in [-0.39, 0.29) is 0 Å². The van der Waals surface area contributed by atoms with Crippen LogP contribution in [0.3, 0.4) is 0 Å². The lowest BCUT2D eigenvalue weighted by Crippen LogP contribution is -2.30. The molecule has 0 atom stereocenters. The molecule has 3 aromatic carbocycles. The van der Waals surface area contributed by atoms with E-state index in [1.54, 1.807) is 0 Å². The lowest BCUT2D eigenvalue weighted by molar-refractivity contribution is -0.0444. The van der Waals surface area contributed by atoms with Crippen molar-refractivity contribution in [1.82, 2.24) is 0 Å². The third-order valence-corrected chi connectivity index (χ3v) is 9.71. The van der Waals surface area contributed by atoms with Crippen LogP contribution in [0.1, 0.15) is 12.5 Å². The fourth-order valence-corrected chi connectivity index (χ4v) is 7.08. The molecule has 0 aliphatic rings. The van der Waals surface area contributed by atoms with E-state index in [0.29, 0.717) is 0 Å². The number of hydrogen-bond donors (Lipinski definition) is 0. The molecule has 14 heteroatoms. The van der Waals surface area contributed by atoms with Gasteiger partial charge in [0.25, 0.3) is 0 Å². The number of halogens is 6. The van der Waals surface area contributed by atoms with Crippen molar-refractivity contribution in [2.24, 2.45) is 0 Å². The maximum absolute atomic E-state index is 11.4. The Labute approximate surface area is 206 Å². The van der Waals surface area contributed by atoms with Gasteiger partial charge in [0.15, 0.2) is 20.0 Å². The molecule has 0 saturated heterocycles. The SMILES string of the molecule is CCc1ccccc1P(c1ccccc1)c1ccccc1.O=S(=O)([N-]S(=O)(=O)C(F)(F)F)C(F)(F)F. The van der Waals surface area contributed by atoms with Gasteiger partial charge in [-0.05, 0) is 35.8 Å². The van der Waals surface area contributed by atoms with Crippen molar-refractivity contribution >= 4 is 43.9 Å².